The van der Waals surface area contributed by atoms with Crippen LogP contribution in [0.2, 0.25) is 10.0 Å². The fraction of sp³-hybridized carbons (Fsp3) is 0.467. The number of hydrogen-bond donors (Lipinski definition) is 1. The number of carbonyl (C=O) groups is 2. The van der Waals surface area contributed by atoms with Gasteiger partial charge in [0.25, 0.3) is 5.91 Å². The molecule has 1 saturated heterocycles. The predicted molar refractivity (Wildman–Crippen MR) is 85.7 cm³/mol. The Balaban J connectivity index is 2.17. The molecule has 120 valence electrons. The molecule has 1 aliphatic heterocycles. The fourth-order valence-electron chi connectivity index (χ4n) is 2.64. The van der Waals surface area contributed by atoms with Gasteiger partial charge in [0.05, 0.1) is 17.2 Å². The van der Waals surface area contributed by atoms with Crippen molar-refractivity contribution in [3.8, 4) is 5.75 Å². The molecule has 5 nitrogen and oxygen atoms in total. The third kappa shape index (κ3) is 3.31. The average molecular weight is 345 g/mol. The monoisotopic (exact) mass is 344 g/mol. The first-order chi connectivity index (χ1) is 10.5. The van der Waals surface area contributed by atoms with Crippen molar-refractivity contribution in [2.75, 3.05) is 27.2 Å². The van der Waals surface area contributed by atoms with Crippen LogP contribution in [0, 0.1) is 5.92 Å². The maximum absolute atomic E-state index is 12.7. The van der Waals surface area contributed by atoms with E-state index >= 15 is 0 Å². The number of rotatable bonds is 3. The van der Waals surface area contributed by atoms with Gasteiger partial charge in [-0.05, 0) is 25.0 Å². The number of piperidine rings is 1. The molecule has 0 aromatic heterocycles. The van der Waals surface area contributed by atoms with Crippen LogP contribution >= 0.6 is 23.2 Å². The molecular formula is C15H18Cl2N2O3. The van der Waals surface area contributed by atoms with Crippen LogP contribution in [0.1, 0.15) is 23.2 Å². The summed E-state index contributed by atoms with van der Waals surface area (Å²) in [6.07, 6.45) is 1.26. The molecular weight excluding hydrogens is 327 g/mol. The topological polar surface area (TPSA) is 58.6 Å². The van der Waals surface area contributed by atoms with E-state index in [0.29, 0.717) is 36.0 Å². The summed E-state index contributed by atoms with van der Waals surface area (Å²) in [5.41, 5.74) is 0.273. The molecule has 0 radical (unpaired) electrons. The Morgan fingerprint density at radius 3 is 2.36 bits per heavy atom. The van der Waals surface area contributed by atoms with Gasteiger partial charge in [-0.3, -0.25) is 9.59 Å². The molecule has 1 heterocycles. The lowest BCUT2D eigenvalue weighted by atomic mass is 9.95. The van der Waals surface area contributed by atoms with E-state index in [-0.39, 0.29) is 29.0 Å². The highest BCUT2D eigenvalue weighted by atomic mass is 35.5. The molecule has 0 bridgehead atoms. The van der Waals surface area contributed by atoms with Crippen LogP contribution in [0.25, 0.3) is 0 Å². The highest BCUT2D eigenvalue weighted by molar-refractivity contribution is 6.37. The van der Waals surface area contributed by atoms with Crippen molar-refractivity contribution in [3.05, 3.63) is 27.7 Å². The molecule has 0 unspecified atom stereocenters. The summed E-state index contributed by atoms with van der Waals surface area (Å²) >= 11 is 12.2. The Bertz CT molecular complexity index is 584. The third-order valence-corrected chi connectivity index (χ3v) is 4.49. The molecule has 1 aromatic rings. The van der Waals surface area contributed by atoms with Crippen LogP contribution in [0.3, 0.4) is 0 Å². The molecule has 0 saturated carbocycles. The van der Waals surface area contributed by atoms with E-state index < -0.39 is 0 Å². The summed E-state index contributed by atoms with van der Waals surface area (Å²) in [6.45, 7) is 1.01. The summed E-state index contributed by atoms with van der Waals surface area (Å²) < 4.78 is 5.22. The molecule has 7 heteroatoms. The standard InChI is InChI=1S/C15H18Cl2N2O3/c1-18-14(20)9-5-7-19(8-6-9)15(21)12-10(16)3-4-11(17)13(12)22-2/h3-4,9H,5-8H2,1-2H3,(H,18,20). The highest BCUT2D eigenvalue weighted by Crippen LogP contribution is 2.35. The normalized spacial score (nSPS) is 15.5. The zero-order valence-corrected chi connectivity index (χ0v) is 14.0. The number of nitrogens with one attached hydrogen (secondary N) is 1. The second-order valence-corrected chi connectivity index (χ2v) is 5.93. The molecule has 2 rings (SSSR count). The van der Waals surface area contributed by atoms with Crippen LogP contribution in [-0.4, -0.2) is 44.0 Å². The van der Waals surface area contributed by atoms with Crippen LogP contribution in [0.15, 0.2) is 12.1 Å². The minimum Gasteiger partial charge on any atom is -0.494 e. The van der Waals surface area contributed by atoms with Gasteiger partial charge in [0.15, 0.2) is 5.75 Å². The molecule has 22 heavy (non-hydrogen) atoms. The minimum absolute atomic E-state index is 0.0190. The van der Waals surface area contributed by atoms with E-state index in [1.165, 1.54) is 7.11 Å². The van der Waals surface area contributed by atoms with Crippen molar-refractivity contribution in [2.24, 2.45) is 5.92 Å². The number of benzene rings is 1. The smallest absolute Gasteiger partial charge is 0.259 e. The summed E-state index contributed by atoms with van der Waals surface area (Å²) in [4.78, 5) is 26.0. The molecule has 2 amide bonds. The van der Waals surface area contributed by atoms with Crippen LogP contribution < -0.4 is 10.1 Å². The van der Waals surface area contributed by atoms with Crippen molar-refractivity contribution in [1.29, 1.82) is 0 Å². The minimum atomic E-state index is -0.222. The van der Waals surface area contributed by atoms with E-state index in [0.717, 1.165) is 0 Å². The summed E-state index contributed by atoms with van der Waals surface area (Å²) in [6, 6.07) is 3.17. The summed E-state index contributed by atoms with van der Waals surface area (Å²) in [7, 11) is 3.07. The maximum Gasteiger partial charge on any atom is 0.259 e. The van der Waals surface area contributed by atoms with Gasteiger partial charge >= 0.3 is 0 Å². The Labute approximate surface area is 139 Å². The number of methoxy groups -OCH3 is 1. The number of nitrogens with zero attached hydrogens (tertiary/aromatic N) is 1. The average Bonchev–Trinajstić information content (AvgIpc) is 2.55. The molecule has 1 aromatic carbocycles. The second-order valence-electron chi connectivity index (χ2n) is 5.12. The number of amides is 2. The predicted octanol–water partition coefficient (Wildman–Crippen LogP) is 2.60. The lowest BCUT2D eigenvalue weighted by Crippen LogP contribution is -2.42. The van der Waals surface area contributed by atoms with E-state index in [9.17, 15) is 9.59 Å². The first-order valence-corrected chi connectivity index (χ1v) is 7.78. The van der Waals surface area contributed by atoms with Crippen molar-refractivity contribution >= 4 is 35.0 Å². The van der Waals surface area contributed by atoms with Crippen LogP contribution in [-0.2, 0) is 4.79 Å². The molecule has 0 atom stereocenters. The van der Waals surface area contributed by atoms with Gasteiger partial charge in [0.1, 0.15) is 5.56 Å². The number of ether oxygens (including phenoxy) is 1. The van der Waals surface area contributed by atoms with Gasteiger partial charge in [-0.2, -0.15) is 0 Å². The van der Waals surface area contributed by atoms with Gasteiger partial charge in [-0.15, -0.1) is 0 Å². The molecule has 1 aliphatic rings. The number of halogens is 2. The van der Waals surface area contributed by atoms with Gasteiger partial charge in [0, 0.05) is 26.1 Å². The second kappa shape index (κ2) is 7.20. The third-order valence-electron chi connectivity index (χ3n) is 3.88. The van der Waals surface area contributed by atoms with Gasteiger partial charge in [-0.1, -0.05) is 23.2 Å². The SMILES string of the molecule is CNC(=O)C1CCN(C(=O)c2c(Cl)ccc(Cl)c2OC)CC1. The largest absolute Gasteiger partial charge is 0.494 e. The lowest BCUT2D eigenvalue weighted by molar-refractivity contribution is -0.125. The Kier molecular flexibility index (Phi) is 5.53. The van der Waals surface area contributed by atoms with Crippen molar-refractivity contribution in [3.63, 3.8) is 0 Å². The fourth-order valence-corrected chi connectivity index (χ4v) is 3.10. The number of carbonyl (C=O) groups excluding carboxylic acids is 2. The number of hydrogen-bond acceptors (Lipinski definition) is 3. The van der Waals surface area contributed by atoms with E-state index in [1.807, 2.05) is 0 Å². The summed E-state index contributed by atoms with van der Waals surface area (Å²) in [5.74, 6) is 0.0311. The highest BCUT2D eigenvalue weighted by Gasteiger charge is 2.30. The maximum atomic E-state index is 12.7. The van der Waals surface area contributed by atoms with Crippen molar-refractivity contribution in [1.82, 2.24) is 10.2 Å². The van der Waals surface area contributed by atoms with Crippen LogP contribution in [0.4, 0.5) is 0 Å². The Hall–Kier alpha value is -1.46. The Morgan fingerprint density at radius 1 is 1.23 bits per heavy atom. The molecule has 1 N–H and O–H groups in total. The first-order valence-electron chi connectivity index (χ1n) is 7.02. The zero-order valence-electron chi connectivity index (χ0n) is 12.5. The van der Waals surface area contributed by atoms with Gasteiger partial charge in [0.2, 0.25) is 5.91 Å². The summed E-state index contributed by atoms with van der Waals surface area (Å²) in [5, 5.41) is 3.29. The quantitative estimate of drug-likeness (QED) is 0.916. The van der Waals surface area contributed by atoms with Crippen molar-refractivity contribution in [2.45, 2.75) is 12.8 Å². The molecule has 1 fully saturated rings. The first kappa shape index (κ1) is 16.9. The Morgan fingerprint density at radius 2 is 1.82 bits per heavy atom. The molecule has 0 aliphatic carbocycles. The van der Waals surface area contributed by atoms with E-state index in [4.69, 9.17) is 27.9 Å². The van der Waals surface area contributed by atoms with E-state index in [1.54, 1.807) is 24.1 Å². The molecule has 0 spiro atoms. The van der Waals surface area contributed by atoms with Gasteiger partial charge < -0.3 is 15.0 Å². The van der Waals surface area contributed by atoms with Gasteiger partial charge in [-0.25, -0.2) is 0 Å². The van der Waals surface area contributed by atoms with Crippen LogP contribution in [0.5, 0.6) is 5.75 Å². The van der Waals surface area contributed by atoms with Crippen molar-refractivity contribution < 1.29 is 14.3 Å². The number of likely N-dealkylation sites (tertiary alicyclic amines) is 1. The zero-order chi connectivity index (χ0) is 16.3. The lowest BCUT2D eigenvalue weighted by Gasteiger charge is -2.31. The van der Waals surface area contributed by atoms with E-state index in [2.05, 4.69) is 5.32 Å².